The average molecular weight is 301 g/mol. The number of rotatable bonds is 4. The van der Waals surface area contributed by atoms with Crippen molar-refractivity contribution in [1.29, 1.82) is 0 Å². The Morgan fingerprint density at radius 1 is 1.05 bits per heavy atom. The molecule has 0 aliphatic rings. The van der Waals surface area contributed by atoms with Crippen molar-refractivity contribution in [2.75, 3.05) is 12.4 Å². The molecule has 6 heteroatoms. The van der Waals surface area contributed by atoms with Crippen LogP contribution in [0.3, 0.4) is 0 Å². The molecule has 0 atom stereocenters. The fourth-order valence-corrected chi connectivity index (χ4v) is 2.12. The Labute approximate surface area is 125 Å². The highest BCUT2D eigenvalue weighted by Gasteiger charge is 2.09. The third-order valence-corrected chi connectivity index (χ3v) is 3.30. The number of fused-ring (bicyclic) bond motifs is 1. The second kappa shape index (κ2) is 5.93. The van der Waals surface area contributed by atoms with Gasteiger partial charge in [-0.05, 0) is 23.8 Å². The lowest BCUT2D eigenvalue weighted by atomic mass is 10.2. The SMILES string of the molecule is COc1ccc(CNc2ncnc3cc(F)c(F)cc23)cc1. The van der Waals surface area contributed by atoms with Crippen molar-refractivity contribution < 1.29 is 13.5 Å². The summed E-state index contributed by atoms with van der Waals surface area (Å²) >= 11 is 0. The molecular weight excluding hydrogens is 288 g/mol. The average Bonchev–Trinajstić information content (AvgIpc) is 2.54. The maximum atomic E-state index is 13.4. The first kappa shape index (κ1) is 14.2. The summed E-state index contributed by atoms with van der Waals surface area (Å²) in [5.74, 6) is -0.615. The molecule has 0 aliphatic carbocycles. The van der Waals surface area contributed by atoms with Gasteiger partial charge in [0.1, 0.15) is 17.9 Å². The molecule has 0 amide bonds. The first-order chi connectivity index (χ1) is 10.7. The molecule has 2 aromatic carbocycles. The van der Waals surface area contributed by atoms with Crippen molar-refractivity contribution in [2.45, 2.75) is 6.54 Å². The smallest absolute Gasteiger partial charge is 0.161 e. The van der Waals surface area contributed by atoms with Crippen LogP contribution in [-0.2, 0) is 6.54 Å². The summed E-state index contributed by atoms with van der Waals surface area (Å²) in [6.07, 6.45) is 1.32. The van der Waals surface area contributed by atoms with Crippen molar-refractivity contribution >= 4 is 16.7 Å². The maximum Gasteiger partial charge on any atom is 0.161 e. The van der Waals surface area contributed by atoms with E-state index in [0.717, 1.165) is 23.4 Å². The van der Waals surface area contributed by atoms with Crippen LogP contribution in [0.25, 0.3) is 10.9 Å². The third kappa shape index (κ3) is 2.81. The van der Waals surface area contributed by atoms with E-state index in [4.69, 9.17) is 4.74 Å². The van der Waals surface area contributed by atoms with E-state index in [1.807, 2.05) is 24.3 Å². The van der Waals surface area contributed by atoms with Crippen molar-refractivity contribution in [1.82, 2.24) is 9.97 Å². The van der Waals surface area contributed by atoms with Gasteiger partial charge in [-0.25, -0.2) is 18.7 Å². The monoisotopic (exact) mass is 301 g/mol. The lowest BCUT2D eigenvalue weighted by Gasteiger charge is -2.09. The number of nitrogens with zero attached hydrogens (tertiary/aromatic N) is 2. The van der Waals surface area contributed by atoms with Gasteiger partial charge in [0.2, 0.25) is 0 Å². The number of nitrogens with one attached hydrogen (secondary N) is 1. The molecule has 112 valence electrons. The minimum atomic E-state index is -0.924. The number of anilines is 1. The lowest BCUT2D eigenvalue weighted by molar-refractivity contribution is 0.414. The second-order valence-electron chi connectivity index (χ2n) is 4.71. The van der Waals surface area contributed by atoms with E-state index in [1.165, 1.54) is 6.33 Å². The van der Waals surface area contributed by atoms with Crippen LogP contribution in [0.5, 0.6) is 5.75 Å². The van der Waals surface area contributed by atoms with Gasteiger partial charge in [-0.2, -0.15) is 0 Å². The van der Waals surface area contributed by atoms with Crippen molar-refractivity contribution in [2.24, 2.45) is 0 Å². The van der Waals surface area contributed by atoms with Crippen LogP contribution in [0.1, 0.15) is 5.56 Å². The molecule has 0 aliphatic heterocycles. The zero-order chi connectivity index (χ0) is 15.5. The number of methoxy groups -OCH3 is 1. The van der Waals surface area contributed by atoms with Gasteiger partial charge < -0.3 is 10.1 Å². The molecule has 1 aromatic heterocycles. The number of ether oxygens (including phenoxy) is 1. The van der Waals surface area contributed by atoms with Crippen LogP contribution in [0.15, 0.2) is 42.7 Å². The van der Waals surface area contributed by atoms with Crippen LogP contribution in [-0.4, -0.2) is 17.1 Å². The number of halogens is 2. The van der Waals surface area contributed by atoms with E-state index >= 15 is 0 Å². The predicted octanol–water partition coefficient (Wildman–Crippen LogP) is 3.53. The summed E-state index contributed by atoms with van der Waals surface area (Å²) in [5.41, 5.74) is 1.36. The summed E-state index contributed by atoms with van der Waals surface area (Å²) in [5, 5.41) is 3.55. The van der Waals surface area contributed by atoms with E-state index in [0.29, 0.717) is 23.3 Å². The molecule has 1 N–H and O–H groups in total. The van der Waals surface area contributed by atoms with Gasteiger partial charge in [0.15, 0.2) is 11.6 Å². The number of hydrogen-bond acceptors (Lipinski definition) is 4. The lowest BCUT2D eigenvalue weighted by Crippen LogP contribution is -2.03. The Hall–Kier alpha value is -2.76. The molecule has 0 fully saturated rings. The molecule has 0 unspecified atom stereocenters. The van der Waals surface area contributed by atoms with E-state index < -0.39 is 11.6 Å². The number of aromatic nitrogens is 2. The molecule has 3 aromatic rings. The molecule has 1 heterocycles. The van der Waals surface area contributed by atoms with E-state index in [2.05, 4.69) is 15.3 Å². The third-order valence-electron chi connectivity index (χ3n) is 3.30. The van der Waals surface area contributed by atoms with Gasteiger partial charge in [0.25, 0.3) is 0 Å². The summed E-state index contributed by atoms with van der Waals surface area (Å²) in [6.45, 7) is 0.495. The van der Waals surface area contributed by atoms with E-state index in [1.54, 1.807) is 7.11 Å². The molecule has 4 nitrogen and oxygen atoms in total. The topological polar surface area (TPSA) is 47.0 Å². The zero-order valence-corrected chi connectivity index (χ0v) is 11.8. The van der Waals surface area contributed by atoms with Crippen LogP contribution in [0.2, 0.25) is 0 Å². The van der Waals surface area contributed by atoms with Crippen molar-refractivity contribution in [3.05, 3.63) is 59.9 Å². The summed E-state index contributed by atoms with van der Waals surface area (Å²) in [4.78, 5) is 8.04. The first-order valence-electron chi connectivity index (χ1n) is 6.64. The highest BCUT2D eigenvalue weighted by molar-refractivity contribution is 5.88. The van der Waals surface area contributed by atoms with Gasteiger partial charge in [0.05, 0.1) is 12.6 Å². The van der Waals surface area contributed by atoms with Gasteiger partial charge >= 0.3 is 0 Å². The van der Waals surface area contributed by atoms with Crippen LogP contribution in [0.4, 0.5) is 14.6 Å². The minimum Gasteiger partial charge on any atom is -0.497 e. The number of benzene rings is 2. The first-order valence-corrected chi connectivity index (χ1v) is 6.64. The van der Waals surface area contributed by atoms with Crippen molar-refractivity contribution in [3.8, 4) is 5.75 Å². The molecule has 0 radical (unpaired) electrons. The van der Waals surface area contributed by atoms with Crippen molar-refractivity contribution in [3.63, 3.8) is 0 Å². The standard InChI is InChI=1S/C16H13F2N3O/c1-22-11-4-2-10(3-5-11)8-19-16-12-6-13(17)14(18)7-15(12)20-9-21-16/h2-7,9H,8H2,1H3,(H,19,20,21). The molecule has 22 heavy (non-hydrogen) atoms. The molecule has 0 spiro atoms. The summed E-state index contributed by atoms with van der Waals surface area (Å²) in [7, 11) is 1.61. The normalized spacial score (nSPS) is 10.7. The summed E-state index contributed by atoms with van der Waals surface area (Å²) < 4.78 is 31.7. The van der Waals surface area contributed by atoms with Gasteiger partial charge in [-0.3, -0.25) is 0 Å². The molecule has 0 saturated carbocycles. The Morgan fingerprint density at radius 3 is 2.50 bits per heavy atom. The number of hydrogen-bond donors (Lipinski definition) is 1. The highest BCUT2D eigenvalue weighted by atomic mass is 19.2. The largest absolute Gasteiger partial charge is 0.497 e. The Balaban J connectivity index is 1.85. The van der Waals surface area contributed by atoms with Crippen LogP contribution < -0.4 is 10.1 Å². The van der Waals surface area contributed by atoms with Gasteiger partial charge in [-0.1, -0.05) is 12.1 Å². The zero-order valence-electron chi connectivity index (χ0n) is 11.8. The van der Waals surface area contributed by atoms with E-state index in [9.17, 15) is 8.78 Å². The van der Waals surface area contributed by atoms with Crippen LogP contribution >= 0.6 is 0 Å². The molecule has 0 bridgehead atoms. The quantitative estimate of drug-likeness (QED) is 0.801. The highest BCUT2D eigenvalue weighted by Crippen LogP contribution is 2.22. The Morgan fingerprint density at radius 2 is 1.77 bits per heavy atom. The predicted molar refractivity (Wildman–Crippen MR) is 79.8 cm³/mol. The van der Waals surface area contributed by atoms with E-state index in [-0.39, 0.29) is 0 Å². The Kier molecular flexibility index (Phi) is 3.82. The maximum absolute atomic E-state index is 13.4. The second-order valence-corrected chi connectivity index (χ2v) is 4.71. The fraction of sp³-hybridized carbons (Fsp3) is 0.125. The van der Waals surface area contributed by atoms with Gasteiger partial charge in [-0.15, -0.1) is 0 Å². The fourth-order valence-electron chi connectivity index (χ4n) is 2.12. The molecular formula is C16H13F2N3O. The minimum absolute atomic E-state index is 0.353. The van der Waals surface area contributed by atoms with Gasteiger partial charge in [0, 0.05) is 18.0 Å². The molecule has 0 saturated heterocycles. The van der Waals surface area contributed by atoms with Crippen LogP contribution in [0, 0.1) is 11.6 Å². The summed E-state index contributed by atoms with van der Waals surface area (Å²) in [6, 6.07) is 9.69. The Bertz CT molecular complexity index is 806. The molecule has 3 rings (SSSR count).